The third-order valence-corrected chi connectivity index (χ3v) is 5.54. The maximum atomic E-state index is 4.85. The Hall–Kier alpha value is -3.15. The summed E-state index contributed by atoms with van der Waals surface area (Å²) in [5.74, 6) is 1.67. The van der Waals surface area contributed by atoms with Crippen molar-refractivity contribution in [1.82, 2.24) is 28.9 Å². The average Bonchev–Trinajstić information content (AvgIpc) is 3.10. The molecular weight excluding hydrogens is 348 g/mol. The van der Waals surface area contributed by atoms with E-state index >= 15 is 0 Å². The van der Waals surface area contributed by atoms with Crippen LogP contribution < -0.4 is 0 Å². The van der Waals surface area contributed by atoms with Crippen molar-refractivity contribution in [3.05, 3.63) is 67.1 Å². The molecule has 0 N–H and O–H groups in total. The third-order valence-electron chi connectivity index (χ3n) is 5.54. The van der Waals surface area contributed by atoms with Gasteiger partial charge in [-0.2, -0.15) is 5.10 Å². The van der Waals surface area contributed by atoms with Crippen molar-refractivity contribution >= 4 is 0 Å². The number of imidazole rings is 2. The zero-order chi connectivity index (χ0) is 19.1. The molecule has 1 atom stereocenters. The Balaban J connectivity index is 1.71. The molecule has 0 spiro atoms. The molecule has 0 saturated heterocycles. The molecular formula is C22H24N6. The molecule has 0 unspecified atom stereocenters. The Kier molecular flexibility index (Phi) is 4.11. The van der Waals surface area contributed by atoms with Gasteiger partial charge in [-0.25, -0.2) is 9.97 Å². The molecule has 0 amide bonds. The van der Waals surface area contributed by atoms with Crippen LogP contribution in [0.5, 0.6) is 0 Å². The van der Waals surface area contributed by atoms with Crippen molar-refractivity contribution < 1.29 is 0 Å². The number of nitrogens with zero attached hydrogens (tertiary/aromatic N) is 6. The molecule has 28 heavy (non-hydrogen) atoms. The van der Waals surface area contributed by atoms with Crippen LogP contribution in [-0.4, -0.2) is 28.9 Å². The van der Waals surface area contributed by atoms with E-state index in [2.05, 4.69) is 58.4 Å². The van der Waals surface area contributed by atoms with Crippen LogP contribution in [0, 0.1) is 5.92 Å². The Bertz CT molecular complexity index is 1080. The number of aromatic nitrogens is 6. The lowest BCUT2D eigenvalue weighted by atomic mass is 10.1. The van der Waals surface area contributed by atoms with Crippen LogP contribution in [0.3, 0.4) is 0 Å². The predicted octanol–water partition coefficient (Wildman–Crippen LogP) is 4.17. The molecule has 4 aromatic rings. The second kappa shape index (κ2) is 6.78. The lowest BCUT2D eigenvalue weighted by Crippen LogP contribution is -2.17. The van der Waals surface area contributed by atoms with Gasteiger partial charge in [-0.15, -0.1) is 0 Å². The van der Waals surface area contributed by atoms with E-state index in [-0.39, 0.29) is 6.04 Å². The zero-order valence-electron chi connectivity index (χ0n) is 16.2. The minimum Gasteiger partial charge on any atom is -0.336 e. The van der Waals surface area contributed by atoms with Gasteiger partial charge in [-0.1, -0.05) is 30.3 Å². The van der Waals surface area contributed by atoms with Crippen LogP contribution in [0.2, 0.25) is 0 Å². The summed E-state index contributed by atoms with van der Waals surface area (Å²) in [5, 5.41) is 4.81. The first-order valence-electron chi connectivity index (χ1n) is 9.89. The van der Waals surface area contributed by atoms with Gasteiger partial charge in [-0.05, 0) is 31.7 Å². The highest BCUT2D eigenvalue weighted by Crippen LogP contribution is 2.45. The summed E-state index contributed by atoms with van der Waals surface area (Å²) in [6.07, 6.45) is 10.4. The van der Waals surface area contributed by atoms with Gasteiger partial charge in [0.15, 0.2) is 0 Å². The summed E-state index contributed by atoms with van der Waals surface area (Å²) < 4.78 is 6.39. The second-order valence-electron chi connectivity index (χ2n) is 7.45. The van der Waals surface area contributed by atoms with Crippen molar-refractivity contribution in [2.24, 2.45) is 13.0 Å². The van der Waals surface area contributed by atoms with E-state index in [0.717, 1.165) is 35.0 Å². The summed E-state index contributed by atoms with van der Waals surface area (Å²) in [6.45, 7) is 2.95. The van der Waals surface area contributed by atoms with Gasteiger partial charge in [0, 0.05) is 37.7 Å². The van der Waals surface area contributed by atoms with E-state index in [0.29, 0.717) is 5.92 Å². The Labute approximate surface area is 164 Å². The maximum Gasteiger partial charge on any atom is 0.131 e. The molecule has 3 heterocycles. The van der Waals surface area contributed by atoms with Crippen molar-refractivity contribution in [2.45, 2.75) is 32.4 Å². The van der Waals surface area contributed by atoms with E-state index in [1.54, 1.807) is 0 Å². The van der Waals surface area contributed by atoms with Crippen molar-refractivity contribution in [2.75, 3.05) is 0 Å². The molecule has 0 radical (unpaired) electrons. The second-order valence-corrected chi connectivity index (χ2v) is 7.45. The quantitative estimate of drug-likeness (QED) is 0.510. The van der Waals surface area contributed by atoms with Gasteiger partial charge in [-0.3, -0.25) is 4.68 Å². The largest absolute Gasteiger partial charge is 0.336 e. The van der Waals surface area contributed by atoms with Crippen LogP contribution in [0.15, 0.2) is 61.3 Å². The third kappa shape index (κ3) is 2.85. The van der Waals surface area contributed by atoms with E-state index in [9.17, 15) is 0 Å². The molecule has 1 aliphatic carbocycles. The first-order valence-corrected chi connectivity index (χ1v) is 9.89. The fourth-order valence-electron chi connectivity index (χ4n) is 3.93. The predicted molar refractivity (Wildman–Crippen MR) is 109 cm³/mol. The number of hydrogen-bond donors (Lipinski definition) is 0. The van der Waals surface area contributed by atoms with Crippen LogP contribution in [0.4, 0.5) is 0 Å². The molecule has 0 aliphatic heterocycles. The van der Waals surface area contributed by atoms with Crippen LogP contribution >= 0.6 is 0 Å². The number of hydrogen-bond acceptors (Lipinski definition) is 3. The normalized spacial score (nSPS) is 15.1. The number of rotatable bonds is 6. The van der Waals surface area contributed by atoms with Crippen molar-refractivity contribution in [3.63, 3.8) is 0 Å². The number of aryl methyl sites for hydroxylation is 2. The standard InChI is InChI=1S/C22H24N6/c1-3-27-13-11-18(25-27)21-19(16-7-5-4-6-8-16)24-15-28(21)20(17-9-10-17)22-23-12-14-26(22)2/h4-8,11-15,17,20H,3,9-10H2,1-2H3/t20-/m0/s1. The smallest absolute Gasteiger partial charge is 0.131 e. The maximum absolute atomic E-state index is 4.85. The lowest BCUT2D eigenvalue weighted by molar-refractivity contribution is 0.481. The summed E-state index contributed by atoms with van der Waals surface area (Å²) >= 11 is 0. The summed E-state index contributed by atoms with van der Waals surface area (Å²) in [6, 6.07) is 12.6. The van der Waals surface area contributed by atoms with Crippen molar-refractivity contribution in [3.8, 4) is 22.6 Å². The highest BCUT2D eigenvalue weighted by molar-refractivity contribution is 5.76. The Morgan fingerprint density at radius 3 is 2.54 bits per heavy atom. The molecule has 6 heteroatoms. The van der Waals surface area contributed by atoms with Crippen molar-refractivity contribution in [1.29, 1.82) is 0 Å². The van der Waals surface area contributed by atoms with E-state index in [1.165, 1.54) is 12.8 Å². The van der Waals surface area contributed by atoms with E-state index in [1.807, 2.05) is 35.7 Å². The van der Waals surface area contributed by atoms with Crippen LogP contribution in [-0.2, 0) is 13.6 Å². The van der Waals surface area contributed by atoms with Gasteiger partial charge < -0.3 is 9.13 Å². The van der Waals surface area contributed by atoms with Gasteiger partial charge in [0.25, 0.3) is 0 Å². The van der Waals surface area contributed by atoms with E-state index in [4.69, 9.17) is 10.1 Å². The molecule has 1 saturated carbocycles. The van der Waals surface area contributed by atoms with Gasteiger partial charge >= 0.3 is 0 Å². The highest BCUT2D eigenvalue weighted by atomic mass is 15.3. The SMILES string of the molecule is CCn1ccc(-c2c(-c3ccccc3)ncn2[C@H](c2nccn2C)C2CC2)n1. The van der Waals surface area contributed by atoms with Gasteiger partial charge in [0.05, 0.1) is 23.8 Å². The minimum atomic E-state index is 0.173. The summed E-state index contributed by atoms with van der Waals surface area (Å²) in [4.78, 5) is 9.53. The van der Waals surface area contributed by atoms with Crippen LogP contribution in [0.1, 0.15) is 31.6 Å². The summed E-state index contributed by atoms with van der Waals surface area (Å²) in [5.41, 5.74) is 4.11. The lowest BCUT2D eigenvalue weighted by Gasteiger charge is -2.20. The van der Waals surface area contributed by atoms with Crippen LogP contribution in [0.25, 0.3) is 22.6 Å². The fraction of sp³-hybridized carbons (Fsp3) is 0.318. The molecule has 1 fully saturated rings. The molecule has 1 aliphatic rings. The number of benzene rings is 1. The van der Waals surface area contributed by atoms with Gasteiger partial charge in [0.1, 0.15) is 11.5 Å². The molecule has 0 bridgehead atoms. The molecule has 1 aromatic carbocycles. The topological polar surface area (TPSA) is 53.5 Å². The molecule has 142 valence electrons. The molecule has 3 aromatic heterocycles. The zero-order valence-corrected chi connectivity index (χ0v) is 16.2. The first-order chi connectivity index (χ1) is 13.8. The summed E-state index contributed by atoms with van der Waals surface area (Å²) in [7, 11) is 2.07. The Morgan fingerprint density at radius 1 is 1.07 bits per heavy atom. The molecule has 6 nitrogen and oxygen atoms in total. The highest BCUT2D eigenvalue weighted by Gasteiger charge is 2.38. The minimum absolute atomic E-state index is 0.173. The molecule has 5 rings (SSSR count). The van der Waals surface area contributed by atoms with E-state index < -0.39 is 0 Å². The first kappa shape index (κ1) is 17.0. The Morgan fingerprint density at radius 2 is 1.89 bits per heavy atom. The van der Waals surface area contributed by atoms with Gasteiger partial charge in [0.2, 0.25) is 0 Å². The fourth-order valence-corrected chi connectivity index (χ4v) is 3.93. The monoisotopic (exact) mass is 372 g/mol. The average molecular weight is 372 g/mol.